The number of carbonyl (C=O) groups excluding carboxylic acids is 2. The lowest BCUT2D eigenvalue weighted by atomic mass is 9.77. The second-order valence-electron chi connectivity index (χ2n) is 7.04. The molecule has 138 valence electrons. The van der Waals surface area contributed by atoms with E-state index in [1.165, 1.54) is 0 Å². The number of esters is 1. The molecule has 3 aliphatic heterocycles. The van der Waals surface area contributed by atoms with Crippen molar-refractivity contribution in [2.45, 2.75) is 31.5 Å². The van der Waals surface area contributed by atoms with Crippen LogP contribution in [0.2, 0.25) is 0 Å². The summed E-state index contributed by atoms with van der Waals surface area (Å²) in [5.41, 5.74) is 0.0500. The minimum atomic E-state index is -0.726. The first-order valence-corrected chi connectivity index (χ1v) is 9.09. The van der Waals surface area contributed by atoms with Gasteiger partial charge in [-0.1, -0.05) is 25.5 Å². The quantitative estimate of drug-likeness (QED) is 0.444. The van der Waals surface area contributed by atoms with Crippen LogP contribution in [0.25, 0.3) is 0 Å². The summed E-state index contributed by atoms with van der Waals surface area (Å²) in [6.07, 6.45) is 5.25. The van der Waals surface area contributed by atoms with E-state index in [0.29, 0.717) is 13.2 Å². The summed E-state index contributed by atoms with van der Waals surface area (Å²) in [7, 11) is 1.60. The van der Waals surface area contributed by atoms with Crippen LogP contribution in [0.15, 0.2) is 36.4 Å². The van der Waals surface area contributed by atoms with Gasteiger partial charge in [-0.2, -0.15) is 0 Å². The summed E-state index contributed by atoms with van der Waals surface area (Å²) in [6, 6.07) is 7.33. The van der Waals surface area contributed by atoms with Gasteiger partial charge in [-0.05, 0) is 30.7 Å². The predicted molar refractivity (Wildman–Crippen MR) is 94.9 cm³/mol. The van der Waals surface area contributed by atoms with Crippen molar-refractivity contribution >= 4 is 17.6 Å². The number of unbranched alkanes of at least 4 members (excludes halogenated alkanes) is 1. The van der Waals surface area contributed by atoms with Crippen LogP contribution < -0.4 is 9.64 Å². The molecule has 6 nitrogen and oxygen atoms in total. The number of ether oxygens (including phenoxy) is 3. The summed E-state index contributed by atoms with van der Waals surface area (Å²) < 4.78 is 16.7. The second-order valence-corrected chi connectivity index (χ2v) is 7.04. The topological polar surface area (TPSA) is 65.1 Å². The first kappa shape index (κ1) is 17.1. The van der Waals surface area contributed by atoms with Gasteiger partial charge in [0.2, 0.25) is 5.91 Å². The van der Waals surface area contributed by atoms with Crippen molar-refractivity contribution in [3.63, 3.8) is 0 Å². The number of benzene rings is 1. The summed E-state index contributed by atoms with van der Waals surface area (Å²) in [6.45, 7) is 2.84. The van der Waals surface area contributed by atoms with Crippen LogP contribution in [-0.4, -0.2) is 43.8 Å². The third kappa shape index (κ3) is 2.51. The molecule has 2 bridgehead atoms. The van der Waals surface area contributed by atoms with E-state index in [-0.39, 0.29) is 18.0 Å². The summed E-state index contributed by atoms with van der Waals surface area (Å²) in [4.78, 5) is 27.4. The van der Waals surface area contributed by atoms with Gasteiger partial charge >= 0.3 is 5.97 Å². The Kier molecular flexibility index (Phi) is 4.23. The van der Waals surface area contributed by atoms with Crippen molar-refractivity contribution in [1.82, 2.24) is 0 Å². The van der Waals surface area contributed by atoms with Crippen molar-refractivity contribution in [3.8, 4) is 5.75 Å². The molecule has 0 aromatic heterocycles. The highest BCUT2D eigenvalue weighted by Gasteiger charge is 2.67. The number of fused-ring (bicyclic) bond motifs is 1. The highest BCUT2D eigenvalue weighted by Crippen LogP contribution is 2.52. The monoisotopic (exact) mass is 357 g/mol. The van der Waals surface area contributed by atoms with E-state index in [9.17, 15) is 9.59 Å². The number of amides is 1. The zero-order valence-electron chi connectivity index (χ0n) is 15.0. The fraction of sp³-hybridized carbons (Fsp3) is 0.500. The Morgan fingerprint density at radius 1 is 1.35 bits per heavy atom. The van der Waals surface area contributed by atoms with Crippen LogP contribution >= 0.6 is 0 Å². The number of rotatable bonds is 6. The van der Waals surface area contributed by atoms with E-state index in [1.54, 1.807) is 12.0 Å². The number of methoxy groups -OCH3 is 1. The zero-order valence-corrected chi connectivity index (χ0v) is 15.0. The van der Waals surface area contributed by atoms with E-state index in [1.807, 2.05) is 43.3 Å². The maximum atomic E-state index is 13.1. The van der Waals surface area contributed by atoms with E-state index in [2.05, 4.69) is 0 Å². The number of hydrogen-bond donors (Lipinski definition) is 0. The van der Waals surface area contributed by atoms with E-state index in [0.717, 1.165) is 24.3 Å². The average Bonchev–Trinajstić information content (AvgIpc) is 3.30. The Balaban J connectivity index is 1.57. The second kappa shape index (κ2) is 6.43. The summed E-state index contributed by atoms with van der Waals surface area (Å²) in [5.74, 6) is -0.765. The molecule has 1 amide bonds. The lowest BCUT2D eigenvalue weighted by molar-refractivity contribution is -0.152. The zero-order chi connectivity index (χ0) is 18.3. The predicted octanol–water partition coefficient (Wildman–Crippen LogP) is 2.32. The van der Waals surface area contributed by atoms with E-state index >= 15 is 0 Å². The molecule has 0 unspecified atom stereocenters. The Hall–Kier alpha value is -2.34. The molecule has 0 aliphatic carbocycles. The van der Waals surface area contributed by atoms with Gasteiger partial charge in [0.25, 0.3) is 0 Å². The summed E-state index contributed by atoms with van der Waals surface area (Å²) >= 11 is 0. The minimum Gasteiger partial charge on any atom is -0.497 e. The molecular weight excluding hydrogens is 334 g/mol. The number of nitrogens with zero attached hydrogens (tertiary/aromatic N) is 1. The molecule has 4 atom stereocenters. The summed E-state index contributed by atoms with van der Waals surface area (Å²) in [5, 5.41) is 0. The number of hydrogen-bond acceptors (Lipinski definition) is 5. The molecule has 6 heteroatoms. The van der Waals surface area contributed by atoms with Crippen molar-refractivity contribution in [2.24, 2.45) is 11.8 Å². The fourth-order valence-corrected chi connectivity index (χ4v) is 4.16. The lowest BCUT2D eigenvalue weighted by Crippen LogP contribution is -2.40. The molecule has 0 radical (unpaired) electrons. The van der Waals surface area contributed by atoms with Crippen LogP contribution in [0.5, 0.6) is 5.75 Å². The van der Waals surface area contributed by atoms with Crippen molar-refractivity contribution < 1.29 is 23.8 Å². The first-order chi connectivity index (χ1) is 12.6. The van der Waals surface area contributed by atoms with Crippen molar-refractivity contribution in [3.05, 3.63) is 36.4 Å². The Bertz CT molecular complexity index is 743. The van der Waals surface area contributed by atoms with Crippen LogP contribution in [0.4, 0.5) is 5.69 Å². The SMILES string of the molecule is CCCCOC(=O)[C@@H]1[C@H]2C=C[C@@]3(CN(c4ccc(OC)cc4)C(=O)[C@@H]13)O2. The van der Waals surface area contributed by atoms with Gasteiger partial charge in [0, 0.05) is 5.69 Å². The highest BCUT2D eigenvalue weighted by molar-refractivity contribution is 6.02. The van der Waals surface area contributed by atoms with Gasteiger partial charge in [-0.3, -0.25) is 9.59 Å². The van der Waals surface area contributed by atoms with Gasteiger partial charge in [0.1, 0.15) is 17.3 Å². The van der Waals surface area contributed by atoms with Crippen LogP contribution in [0.1, 0.15) is 19.8 Å². The van der Waals surface area contributed by atoms with Crippen molar-refractivity contribution in [2.75, 3.05) is 25.2 Å². The standard InChI is InChI=1S/C20H23NO5/c1-3-4-11-25-19(23)16-15-9-10-20(26-15)12-21(18(22)17(16)20)13-5-7-14(24-2)8-6-13/h5-10,15-17H,3-4,11-12H2,1-2H3/t15-,16-,17-,20+/m1/s1. The van der Waals surface area contributed by atoms with E-state index < -0.39 is 17.4 Å². The van der Waals surface area contributed by atoms with E-state index in [4.69, 9.17) is 14.2 Å². The maximum absolute atomic E-state index is 13.1. The smallest absolute Gasteiger partial charge is 0.312 e. The largest absolute Gasteiger partial charge is 0.497 e. The Morgan fingerprint density at radius 3 is 2.81 bits per heavy atom. The molecule has 1 aromatic carbocycles. The molecule has 1 aromatic rings. The van der Waals surface area contributed by atoms with Gasteiger partial charge in [0.05, 0.1) is 32.3 Å². The Morgan fingerprint density at radius 2 is 2.12 bits per heavy atom. The molecule has 26 heavy (non-hydrogen) atoms. The number of anilines is 1. The third-order valence-electron chi connectivity index (χ3n) is 5.50. The first-order valence-electron chi connectivity index (χ1n) is 9.09. The Labute approximate surface area is 152 Å². The van der Waals surface area contributed by atoms with Gasteiger partial charge < -0.3 is 19.1 Å². The van der Waals surface area contributed by atoms with Crippen LogP contribution in [0, 0.1) is 11.8 Å². The fourth-order valence-electron chi connectivity index (χ4n) is 4.16. The molecular formula is C20H23NO5. The molecule has 3 aliphatic rings. The van der Waals surface area contributed by atoms with Gasteiger partial charge in [0.15, 0.2) is 0 Å². The van der Waals surface area contributed by atoms with Crippen LogP contribution in [-0.2, 0) is 19.1 Å². The van der Waals surface area contributed by atoms with Crippen molar-refractivity contribution in [1.29, 1.82) is 0 Å². The normalized spacial score (nSPS) is 31.4. The molecule has 2 fully saturated rings. The molecule has 3 heterocycles. The van der Waals surface area contributed by atoms with Crippen LogP contribution in [0.3, 0.4) is 0 Å². The lowest BCUT2D eigenvalue weighted by Gasteiger charge is -2.22. The highest BCUT2D eigenvalue weighted by atomic mass is 16.6. The molecule has 0 saturated carbocycles. The third-order valence-corrected chi connectivity index (χ3v) is 5.50. The van der Waals surface area contributed by atoms with Gasteiger partial charge in [-0.25, -0.2) is 0 Å². The van der Waals surface area contributed by atoms with Gasteiger partial charge in [-0.15, -0.1) is 0 Å². The minimum absolute atomic E-state index is 0.0838. The average molecular weight is 357 g/mol. The maximum Gasteiger partial charge on any atom is 0.312 e. The molecule has 4 rings (SSSR count). The molecule has 2 saturated heterocycles. The molecule has 0 N–H and O–H groups in total. The number of carbonyl (C=O) groups is 2. The molecule has 1 spiro atoms.